The van der Waals surface area contributed by atoms with Gasteiger partial charge in [0.1, 0.15) is 18.1 Å². The lowest BCUT2D eigenvalue weighted by atomic mass is 10.2. The molecule has 0 spiro atoms. The zero-order valence-electron chi connectivity index (χ0n) is 11.5. The van der Waals surface area contributed by atoms with Gasteiger partial charge >= 0.3 is 0 Å². The van der Waals surface area contributed by atoms with Gasteiger partial charge in [0, 0.05) is 23.2 Å². The lowest BCUT2D eigenvalue weighted by molar-refractivity contribution is 0.295. The number of methoxy groups -OCH3 is 1. The van der Waals surface area contributed by atoms with Gasteiger partial charge in [0.15, 0.2) is 0 Å². The Balaban J connectivity index is 0.000000131. The third-order valence-electron chi connectivity index (χ3n) is 3.23. The maximum absolute atomic E-state index is 5.79. The van der Waals surface area contributed by atoms with E-state index in [1.54, 1.807) is 13.3 Å². The zero-order chi connectivity index (χ0) is 14.7. The summed E-state index contributed by atoms with van der Waals surface area (Å²) in [5, 5.41) is 1.96. The fourth-order valence-corrected chi connectivity index (χ4v) is 2.29. The molecule has 0 radical (unpaired) electrons. The molecule has 0 saturated carbocycles. The van der Waals surface area contributed by atoms with Gasteiger partial charge < -0.3 is 9.47 Å². The van der Waals surface area contributed by atoms with Crippen molar-refractivity contribution in [1.29, 1.82) is 0 Å². The average Bonchev–Trinajstić information content (AvgIpc) is 2.56. The van der Waals surface area contributed by atoms with E-state index in [0.29, 0.717) is 6.61 Å². The molecule has 1 aromatic heterocycles. The quantitative estimate of drug-likeness (QED) is 0.664. The monoisotopic (exact) mass is 299 g/mol. The second kappa shape index (κ2) is 6.02. The third-order valence-corrected chi connectivity index (χ3v) is 3.58. The first kappa shape index (κ1) is 13.7. The molecule has 5 rings (SSSR count). The van der Waals surface area contributed by atoms with Crippen LogP contribution >= 0.6 is 11.6 Å². The van der Waals surface area contributed by atoms with E-state index in [1.807, 2.05) is 48.5 Å². The van der Waals surface area contributed by atoms with Gasteiger partial charge in [-0.1, -0.05) is 23.7 Å². The smallest absolute Gasteiger partial charge is 0.121 e. The van der Waals surface area contributed by atoms with Crippen molar-refractivity contribution in [3.05, 3.63) is 65.3 Å². The predicted octanol–water partition coefficient (Wildman–Crippen LogP) is 4.48. The van der Waals surface area contributed by atoms with E-state index in [1.165, 1.54) is 0 Å². The number of hydrogen-bond donors (Lipinski definition) is 0. The standard InChI is InChI=1S/C10H9NO.C7H5ClO/c1-12-9-5-4-8-3-2-6-11-10(8)7-9;8-7-3-6-2-1-5(7)4-9-6/h2-7H,1H3;1-3H,4H2. The lowest BCUT2D eigenvalue weighted by Crippen LogP contribution is -2.02. The summed E-state index contributed by atoms with van der Waals surface area (Å²) in [4.78, 5) is 4.21. The van der Waals surface area contributed by atoms with Gasteiger partial charge in [0.05, 0.1) is 17.6 Å². The molecule has 0 unspecified atom stereocenters. The Bertz CT molecular complexity index is 774. The first-order valence-electron chi connectivity index (χ1n) is 6.56. The Morgan fingerprint density at radius 1 is 1.14 bits per heavy atom. The Hall–Kier alpha value is -2.26. The van der Waals surface area contributed by atoms with Gasteiger partial charge in [0.2, 0.25) is 0 Å². The second-order valence-electron chi connectivity index (χ2n) is 4.60. The first-order valence-corrected chi connectivity index (χ1v) is 6.94. The van der Waals surface area contributed by atoms with Crippen LogP contribution in [0.3, 0.4) is 0 Å². The molecule has 0 fully saturated rings. The third kappa shape index (κ3) is 3.09. The molecule has 3 aromatic rings. The molecule has 106 valence electrons. The molecule has 0 atom stereocenters. The van der Waals surface area contributed by atoms with Gasteiger partial charge in [0.25, 0.3) is 0 Å². The fourth-order valence-electron chi connectivity index (χ4n) is 2.07. The Morgan fingerprint density at radius 3 is 2.62 bits per heavy atom. The predicted molar refractivity (Wildman–Crippen MR) is 84.1 cm³/mol. The number of rotatable bonds is 1. The fraction of sp³-hybridized carbons (Fsp3) is 0.118. The molecule has 0 amide bonds. The summed E-state index contributed by atoms with van der Waals surface area (Å²) in [6.07, 6.45) is 1.78. The first-order chi connectivity index (χ1) is 10.3. The summed E-state index contributed by atoms with van der Waals surface area (Å²) < 4.78 is 10.3. The summed E-state index contributed by atoms with van der Waals surface area (Å²) in [7, 11) is 1.66. The topological polar surface area (TPSA) is 31.4 Å². The second-order valence-corrected chi connectivity index (χ2v) is 5.01. The van der Waals surface area contributed by atoms with Crippen LogP contribution in [0, 0.1) is 0 Å². The highest BCUT2D eigenvalue weighted by atomic mass is 35.5. The Morgan fingerprint density at radius 2 is 2.05 bits per heavy atom. The average molecular weight is 300 g/mol. The number of pyridine rings is 1. The number of benzene rings is 2. The molecular formula is C17H14ClNO2. The van der Waals surface area contributed by atoms with Gasteiger partial charge in [-0.3, -0.25) is 4.98 Å². The van der Waals surface area contributed by atoms with E-state index >= 15 is 0 Å². The number of ether oxygens (including phenoxy) is 2. The Kier molecular flexibility index (Phi) is 3.93. The van der Waals surface area contributed by atoms with Crippen molar-refractivity contribution in [2.24, 2.45) is 0 Å². The summed E-state index contributed by atoms with van der Waals surface area (Å²) in [5.74, 6) is 1.72. The molecule has 2 bridgehead atoms. The van der Waals surface area contributed by atoms with Crippen molar-refractivity contribution in [1.82, 2.24) is 4.98 Å². The SMILES string of the molecule is COc1ccc2cccnc2c1.Clc1cc2ccc1CO2. The van der Waals surface area contributed by atoms with Crippen LogP contribution in [0.25, 0.3) is 10.9 Å². The van der Waals surface area contributed by atoms with Crippen LogP contribution in [0.4, 0.5) is 0 Å². The summed E-state index contributed by atoms with van der Waals surface area (Å²) in [6, 6.07) is 15.6. The van der Waals surface area contributed by atoms with Gasteiger partial charge in [-0.15, -0.1) is 0 Å². The van der Waals surface area contributed by atoms with Crippen molar-refractivity contribution < 1.29 is 9.47 Å². The molecule has 3 nitrogen and oxygen atoms in total. The van der Waals surface area contributed by atoms with Crippen LogP contribution in [-0.2, 0) is 6.61 Å². The molecule has 4 heteroatoms. The van der Waals surface area contributed by atoms with Crippen molar-refractivity contribution in [3.63, 3.8) is 0 Å². The number of nitrogens with zero attached hydrogens (tertiary/aromatic N) is 1. The largest absolute Gasteiger partial charge is 0.497 e. The molecule has 2 aliphatic rings. The molecule has 3 heterocycles. The van der Waals surface area contributed by atoms with Crippen LogP contribution in [-0.4, -0.2) is 12.1 Å². The molecule has 2 aromatic carbocycles. The van der Waals surface area contributed by atoms with Crippen LogP contribution in [0.15, 0.2) is 54.7 Å². The van der Waals surface area contributed by atoms with Crippen LogP contribution in [0.2, 0.25) is 5.02 Å². The molecule has 2 aliphatic heterocycles. The number of halogens is 1. The van der Waals surface area contributed by atoms with E-state index in [4.69, 9.17) is 21.1 Å². The highest BCUT2D eigenvalue weighted by molar-refractivity contribution is 6.31. The Labute approximate surface area is 128 Å². The molecule has 21 heavy (non-hydrogen) atoms. The van der Waals surface area contributed by atoms with Crippen molar-refractivity contribution in [3.8, 4) is 11.5 Å². The minimum Gasteiger partial charge on any atom is -0.497 e. The van der Waals surface area contributed by atoms with E-state index in [9.17, 15) is 0 Å². The molecule has 0 saturated heterocycles. The number of aromatic nitrogens is 1. The summed E-state index contributed by atoms with van der Waals surface area (Å²) in [5.41, 5.74) is 2.04. The molecule has 0 N–H and O–H groups in total. The molecular weight excluding hydrogens is 286 g/mol. The maximum atomic E-state index is 5.79. The van der Waals surface area contributed by atoms with Gasteiger partial charge in [-0.25, -0.2) is 0 Å². The zero-order valence-corrected chi connectivity index (χ0v) is 12.3. The minimum atomic E-state index is 0.640. The van der Waals surface area contributed by atoms with Gasteiger partial charge in [-0.2, -0.15) is 0 Å². The highest BCUT2D eigenvalue weighted by Gasteiger charge is 2.08. The van der Waals surface area contributed by atoms with Crippen molar-refractivity contribution in [2.75, 3.05) is 7.11 Å². The van der Waals surface area contributed by atoms with E-state index in [0.717, 1.165) is 33.0 Å². The van der Waals surface area contributed by atoms with Crippen LogP contribution in [0.1, 0.15) is 5.56 Å². The van der Waals surface area contributed by atoms with Gasteiger partial charge in [-0.05, 0) is 30.3 Å². The summed E-state index contributed by atoms with van der Waals surface area (Å²) in [6.45, 7) is 0.640. The number of fused-ring (bicyclic) bond motifs is 4. The summed E-state index contributed by atoms with van der Waals surface area (Å²) >= 11 is 5.79. The maximum Gasteiger partial charge on any atom is 0.121 e. The number of hydrogen-bond acceptors (Lipinski definition) is 3. The van der Waals surface area contributed by atoms with Crippen LogP contribution < -0.4 is 9.47 Å². The highest BCUT2D eigenvalue weighted by Crippen LogP contribution is 2.28. The minimum absolute atomic E-state index is 0.640. The van der Waals surface area contributed by atoms with Crippen molar-refractivity contribution >= 4 is 22.5 Å². The van der Waals surface area contributed by atoms with E-state index in [-0.39, 0.29) is 0 Å². The molecule has 0 aliphatic carbocycles. The lowest BCUT2D eigenvalue weighted by Gasteiger charge is -2.14. The van der Waals surface area contributed by atoms with E-state index < -0.39 is 0 Å². The normalized spacial score (nSPS) is 11.5. The van der Waals surface area contributed by atoms with E-state index in [2.05, 4.69) is 4.98 Å². The van der Waals surface area contributed by atoms with Crippen molar-refractivity contribution in [2.45, 2.75) is 6.61 Å². The van der Waals surface area contributed by atoms with Crippen LogP contribution in [0.5, 0.6) is 11.5 Å².